The SMILES string of the molecule is COc1ccc(C(=O)NCc2nnc(SCC(=O)Nc3ccccc3F)n2-c2ccccc2OC)cc1OC. The third kappa shape index (κ3) is 6.47. The minimum absolute atomic E-state index is 0.0280. The van der Waals surface area contributed by atoms with Crippen LogP contribution in [0.3, 0.4) is 0 Å². The van der Waals surface area contributed by atoms with Crippen LogP contribution in [-0.2, 0) is 11.3 Å². The molecule has 202 valence electrons. The molecule has 39 heavy (non-hydrogen) atoms. The number of benzene rings is 3. The summed E-state index contributed by atoms with van der Waals surface area (Å²) in [6, 6.07) is 18.0. The zero-order valence-electron chi connectivity index (χ0n) is 21.4. The fourth-order valence-corrected chi connectivity index (χ4v) is 4.45. The molecule has 12 heteroatoms. The molecule has 1 aromatic heterocycles. The fraction of sp³-hybridized carbons (Fsp3) is 0.185. The van der Waals surface area contributed by atoms with Crippen molar-refractivity contribution in [2.24, 2.45) is 0 Å². The first kappa shape index (κ1) is 27.5. The first-order valence-corrected chi connectivity index (χ1v) is 12.7. The van der Waals surface area contributed by atoms with Crippen LogP contribution in [0.1, 0.15) is 16.2 Å². The molecule has 0 saturated carbocycles. The predicted octanol–water partition coefficient (Wildman–Crippen LogP) is 4.09. The molecule has 3 aromatic carbocycles. The van der Waals surface area contributed by atoms with Crippen LogP contribution in [0.2, 0.25) is 0 Å². The van der Waals surface area contributed by atoms with Crippen LogP contribution in [0, 0.1) is 5.82 Å². The largest absolute Gasteiger partial charge is 0.495 e. The van der Waals surface area contributed by atoms with Gasteiger partial charge in [0.2, 0.25) is 5.91 Å². The van der Waals surface area contributed by atoms with Crippen molar-refractivity contribution >= 4 is 29.3 Å². The second kappa shape index (κ2) is 12.8. The van der Waals surface area contributed by atoms with Crippen LogP contribution in [0.25, 0.3) is 5.69 Å². The van der Waals surface area contributed by atoms with Crippen LogP contribution >= 0.6 is 11.8 Å². The average molecular weight is 552 g/mol. The lowest BCUT2D eigenvalue weighted by Crippen LogP contribution is -2.25. The van der Waals surface area contributed by atoms with Crippen molar-refractivity contribution in [3.05, 3.63) is 83.9 Å². The van der Waals surface area contributed by atoms with Crippen LogP contribution < -0.4 is 24.8 Å². The number of ether oxygens (including phenoxy) is 3. The summed E-state index contributed by atoms with van der Waals surface area (Å²) in [5, 5.41) is 14.3. The number of amides is 2. The molecule has 0 aliphatic rings. The Bertz CT molecular complexity index is 1480. The number of hydrogen-bond acceptors (Lipinski definition) is 8. The Kier molecular flexibility index (Phi) is 9.00. The van der Waals surface area contributed by atoms with E-state index in [-0.39, 0.29) is 23.9 Å². The monoisotopic (exact) mass is 551 g/mol. The Balaban J connectivity index is 1.55. The van der Waals surface area contributed by atoms with E-state index in [2.05, 4.69) is 20.8 Å². The van der Waals surface area contributed by atoms with Crippen molar-refractivity contribution in [2.45, 2.75) is 11.7 Å². The van der Waals surface area contributed by atoms with Crippen LogP contribution in [0.5, 0.6) is 17.2 Å². The van der Waals surface area contributed by atoms with Gasteiger partial charge in [0.15, 0.2) is 22.5 Å². The molecular formula is C27H26FN5O5S. The number of nitrogens with one attached hydrogen (secondary N) is 2. The molecule has 0 aliphatic heterocycles. The van der Waals surface area contributed by atoms with E-state index in [4.69, 9.17) is 14.2 Å². The summed E-state index contributed by atoms with van der Waals surface area (Å²) < 4.78 is 31.7. The summed E-state index contributed by atoms with van der Waals surface area (Å²) in [5.41, 5.74) is 1.08. The van der Waals surface area contributed by atoms with Gasteiger partial charge < -0.3 is 24.8 Å². The molecule has 0 bridgehead atoms. The summed E-state index contributed by atoms with van der Waals surface area (Å²) >= 11 is 1.11. The predicted molar refractivity (Wildman–Crippen MR) is 144 cm³/mol. The molecule has 4 rings (SSSR count). The molecule has 0 fully saturated rings. The number of hydrogen-bond donors (Lipinski definition) is 2. The van der Waals surface area contributed by atoms with E-state index in [1.165, 1.54) is 33.5 Å². The van der Waals surface area contributed by atoms with Crippen molar-refractivity contribution in [1.29, 1.82) is 0 Å². The van der Waals surface area contributed by atoms with E-state index >= 15 is 0 Å². The standard InChI is InChI=1S/C27H26FN5O5S/c1-36-21-11-7-6-10-20(21)33-24(15-29-26(35)17-12-13-22(37-2)23(14-17)38-3)31-32-27(33)39-16-25(34)30-19-9-5-4-8-18(19)28/h4-14H,15-16H2,1-3H3,(H,29,35)(H,30,34). The molecule has 0 saturated heterocycles. The summed E-state index contributed by atoms with van der Waals surface area (Å²) in [6.07, 6.45) is 0. The van der Waals surface area contributed by atoms with E-state index in [9.17, 15) is 14.0 Å². The number of carbonyl (C=O) groups is 2. The lowest BCUT2D eigenvalue weighted by molar-refractivity contribution is -0.113. The Labute approximate surface area is 228 Å². The summed E-state index contributed by atoms with van der Waals surface area (Å²) in [5.74, 6) is 0.528. The summed E-state index contributed by atoms with van der Waals surface area (Å²) in [6.45, 7) is 0.0280. The number of nitrogens with zero attached hydrogens (tertiary/aromatic N) is 3. The number of methoxy groups -OCH3 is 3. The lowest BCUT2D eigenvalue weighted by atomic mass is 10.2. The average Bonchev–Trinajstić information content (AvgIpc) is 3.38. The number of anilines is 1. The zero-order valence-corrected chi connectivity index (χ0v) is 22.3. The van der Waals surface area contributed by atoms with Gasteiger partial charge in [-0.05, 0) is 42.5 Å². The molecule has 4 aromatic rings. The molecule has 0 spiro atoms. The number of thioether (sulfide) groups is 1. The highest BCUT2D eigenvalue weighted by molar-refractivity contribution is 7.99. The van der Waals surface area contributed by atoms with Gasteiger partial charge in [0.25, 0.3) is 5.91 Å². The van der Waals surface area contributed by atoms with Gasteiger partial charge in [0.05, 0.1) is 45.0 Å². The molecule has 2 N–H and O–H groups in total. The fourth-order valence-electron chi connectivity index (χ4n) is 3.68. The number of rotatable bonds is 11. The Morgan fingerprint density at radius 2 is 1.62 bits per heavy atom. The number of aromatic nitrogens is 3. The highest BCUT2D eigenvalue weighted by Gasteiger charge is 2.20. The minimum Gasteiger partial charge on any atom is -0.495 e. The van der Waals surface area contributed by atoms with Crippen molar-refractivity contribution in [3.63, 3.8) is 0 Å². The maximum absolute atomic E-state index is 13.9. The van der Waals surface area contributed by atoms with Crippen LogP contribution in [0.4, 0.5) is 10.1 Å². The highest BCUT2D eigenvalue weighted by atomic mass is 32.2. The van der Waals surface area contributed by atoms with Crippen LogP contribution in [0.15, 0.2) is 71.9 Å². The maximum Gasteiger partial charge on any atom is 0.251 e. The number of para-hydroxylation sites is 3. The summed E-state index contributed by atoms with van der Waals surface area (Å²) in [7, 11) is 4.54. The van der Waals surface area contributed by atoms with Gasteiger partial charge in [-0.2, -0.15) is 0 Å². The lowest BCUT2D eigenvalue weighted by Gasteiger charge is -2.14. The van der Waals surface area contributed by atoms with E-state index < -0.39 is 11.7 Å². The Morgan fingerprint density at radius 1 is 0.897 bits per heavy atom. The normalized spacial score (nSPS) is 10.6. The number of halogens is 1. The second-order valence-electron chi connectivity index (χ2n) is 7.98. The van der Waals surface area contributed by atoms with Crippen molar-refractivity contribution in [3.8, 4) is 22.9 Å². The first-order chi connectivity index (χ1) is 18.9. The maximum atomic E-state index is 13.9. The summed E-state index contributed by atoms with van der Waals surface area (Å²) in [4.78, 5) is 25.4. The van der Waals surface area contributed by atoms with Crippen molar-refractivity contribution in [2.75, 3.05) is 32.4 Å². The van der Waals surface area contributed by atoms with Gasteiger partial charge in [-0.3, -0.25) is 14.2 Å². The first-order valence-electron chi connectivity index (χ1n) is 11.7. The number of carbonyl (C=O) groups excluding carboxylic acids is 2. The van der Waals surface area contributed by atoms with Gasteiger partial charge in [-0.1, -0.05) is 36.0 Å². The van der Waals surface area contributed by atoms with Gasteiger partial charge in [-0.25, -0.2) is 4.39 Å². The van der Waals surface area contributed by atoms with Gasteiger partial charge in [-0.15, -0.1) is 10.2 Å². The molecule has 1 heterocycles. The highest BCUT2D eigenvalue weighted by Crippen LogP contribution is 2.30. The van der Waals surface area contributed by atoms with Gasteiger partial charge in [0, 0.05) is 5.56 Å². The third-order valence-corrected chi connectivity index (χ3v) is 6.49. The Morgan fingerprint density at radius 3 is 2.36 bits per heavy atom. The minimum atomic E-state index is -0.527. The van der Waals surface area contributed by atoms with E-state index in [0.29, 0.717) is 39.5 Å². The topological polar surface area (TPSA) is 117 Å². The smallest absolute Gasteiger partial charge is 0.251 e. The molecule has 0 unspecified atom stereocenters. The van der Waals surface area contributed by atoms with E-state index in [1.54, 1.807) is 41.0 Å². The Hall–Kier alpha value is -4.58. The second-order valence-corrected chi connectivity index (χ2v) is 8.92. The molecule has 0 aliphatic carbocycles. The van der Waals surface area contributed by atoms with E-state index in [1.807, 2.05) is 18.2 Å². The molecule has 10 nitrogen and oxygen atoms in total. The third-order valence-electron chi connectivity index (χ3n) is 5.56. The zero-order chi connectivity index (χ0) is 27.8. The van der Waals surface area contributed by atoms with Crippen molar-refractivity contribution < 1.29 is 28.2 Å². The molecule has 0 radical (unpaired) electrons. The van der Waals surface area contributed by atoms with E-state index in [0.717, 1.165) is 11.8 Å². The molecule has 2 amide bonds. The van der Waals surface area contributed by atoms with Crippen LogP contribution in [-0.4, -0.2) is 53.7 Å². The molecule has 0 atom stereocenters. The van der Waals surface area contributed by atoms with Gasteiger partial charge in [0.1, 0.15) is 11.6 Å². The van der Waals surface area contributed by atoms with Crippen molar-refractivity contribution in [1.82, 2.24) is 20.1 Å². The quantitative estimate of drug-likeness (QED) is 0.268. The molecular weight excluding hydrogens is 525 g/mol. The van der Waals surface area contributed by atoms with Gasteiger partial charge >= 0.3 is 0 Å².